The van der Waals surface area contributed by atoms with Gasteiger partial charge in [0.2, 0.25) is 0 Å². The largest absolute Gasteiger partial charge is 0.329 e. The Morgan fingerprint density at radius 3 is 2.50 bits per heavy atom. The smallest absolute Gasteiger partial charge is 0.0359 e. The summed E-state index contributed by atoms with van der Waals surface area (Å²) in [7, 11) is 2.22. The minimum atomic E-state index is 0.226. The Labute approximate surface area is 122 Å². The molecule has 0 aliphatic carbocycles. The summed E-state index contributed by atoms with van der Waals surface area (Å²) in [5, 5.41) is 0. The fourth-order valence-corrected chi connectivity index (χ4v) is 3.79. The highest BCUT2D eigenvalue weighted by molar-refractivity contribution is 5.28. The van der Waals surface area contributed by atoms with E-state index in [9.17, 15) is 0 Å². The van der Waals surface area contributed by atoms with Crippen LogP contribution in [-0.4, -0.2) is 48.6 Å². The lowest BCUT2D eigenvalue weighted by atomic mass is 9.85. The van der Waals surface area contributed by atoms with Crippen LogP contribution in [0, 0.1) is 0 Å². The van der Waals surface area contributed by atoms with E-state index in [1.807, 2.05) is 0 Å². The lowest BCUT2D eigenvalue weighted by molar-refractivity contribution is 0.0285. The van der Waals surface area contributed by atoms with Gasteiger partial charge >= 0.3 is 0 Å². The predicted molar refractivity (Wildman–Crippen MR) is 83.7 cm³/mol. The van der Waals surface area contributed by atoms with Gasteiger partial charge in [-0.05, 0) is 63.5 Å². The van der Waals surface area contributed by atoms with E-state index in [1.165, 1.54) is 56.4 Å². The maximum atomic E-state index is 6.23. The second-order valence-corrected chi connectivity index (χ2v) is 6.53. The monoisotopic (exact) mass is 273 g/mol. The zero-order valence-corrected chi connectivity index (χ0v) is 12.6. The van der Waals surface area contributed by atoms with Crippen LogP contribution in [0.15, 0.2) is 24.3 Å². The van der Waals surface area contributed by atoms with E-state index in [4.69, 9.17) is 5.73 Å². The Kier molecular flexibility index (Phi) is 4.11. The summed E-state index contributed by atoms with van der Waals surface area (Å²) in [5.74, 6) is 0. The number of piperidine rings is 1. The first-order valence-corrected chi connectivity index (χ1v) is 7.94. The van der Waals surface area contributed by atoms with Crippen molar-refractivity contribution in [3.05, 3.63) is 35.4 Å². The van der Waals surface area contributed by atoms with Gasteiger partial charge in [-0.3, -0.25) is 4.90 Å². The molecule has 0 aromatic heterocycles. The molecule has 0 bridgehead atoms. The minimum absolute atomic E-state index is 0.226. The number of nitrogens with two attached hydrogens (primary N) is 1. The van der Waals surface area contributed by atoms with Gasteiger partial charge in [0.15, 0.2) is 0 Å². The topological polar surface area (TPSA) is 32.5 Å². The first-order chi connectivity index (χ1) is 9.73. The Morgan fingerprint density at radius 2 is 1.80 bits per heavy atom. The van der Waals surface area contributed by atoms with E-state index in [2.05, 4.69) is 41.1 Å². The number of aryl methyl sites for hydroxylation is 1. The third kappa shape index (κ3) is 2.62. The van der Waals surface area contributed by atoms with Crippen molar-refractivity contribution in [1.29, 1.82) is 0 Å². The highest BCUT2D eigenvalue weighted by Gasteiger charge is 2.38. The summed E-state index contributed by atoms with van der Waals surface area (Å²) in [6.45, 7) is 5.42. The highest BCUT2D eigenvalue weighted by atomic mass is 15.2. The third-order valence-electron chi connectivity index (χ3n) is 5.32. The van der Waals surface area contributed by atoms with Crippen molar-refractivity contribution in [3.8, 4) is 0 Å². The molecule has 2 aliphatic rings. The molecule has 20 heavy (non-hydrogen) atoms. The lowest BCUT2D eigenvalue weighted by Crippen LogP contribution is -2.58. The quantitative estimate of drug-likeness (QED) is 0.893. The van der Waals surface area contributed by atoms with Crippen molar-refractivity contribution in [2.45, 2.75) is 37.8 Å². The van der Waals surface area contributed by atoms with E-state index < -0.39 is 0 Å². The van der Waals surface area contributed by atoms with Gasteiger partial charge < -0.3 is 10.6 Å². The van der Waals surface area contributed by atoms with E-state index in [0.717, 1.165) is 13.1 Å². The molecule has 0 spiro atoms. The SMILES string of the molecule is CN1CCC(CN)(N2CCCc3ccccc3C2)CC1. The number of nitrogens with zero attached hydrogens (tertiary/aromatic N) is 2. The van der Waals surface area contributed by atoms with Crippen molar-refractivity contribution in [2.24, 2.45) is 5.73 Å². The van der Waals surface area contributed by atoms with Crippen molar-refractivity contribution >= 4 is 0 Å². The molecule has 2 heterocycles. The van der Waals surface area contributed by atoms with E-state index in [-0.39, 0.29) is 5.54 Å². The van der Waals surface area contributed by atoms with Crippen molar-refractivity contribution < 1.29 is 0 Å². The van der Waals surface area contributed by atoms with Crippen LogP contribution in [0.1, 0.15) is 30.4 Å². The van der Waals surface area contributed by atoms with Gasteiger partial charge in [0.05, 0.1) is 0 Å². The molecular weight excluding hydrogens is 246 g/mol. The molecule has 2 N–H and O–H groups in total. The Bertz CT molecular complexity index is 449. The molecule has 0 radical (unpaired) electrons. The van der Waals surface area contributed by atoms with Gasteiger partial charge in [-0.2, -0.15) is 0 Å². The Hall–Kier alpha value is -0.900. The standard InChI is InChI=1S/C17H27N3/c1-19-11-8-17(14-18,9-12-19)20-10-4-7-15-5-2-3-6-16(15)13-20/h2-3,5-6H,4,7-14,18H2,1H3. The van der Waals surface area contributed by atoms with Crippen LogP contribution in [0.3, 0.4) is 0 Å². The zero-order chi connectivity index (χ0) is 14.0. The van der Waals surface area contributed by atoms with Gasteiger partial charge in [-0.25, -0.2) is 0 Å². The van der Waals surface area contributed by atoms with Gasteiger partial charge in [-0.1, -0.05) is 24.3 Å². The van der Waals surface area contributed by atoms with Crippen LogP contribution >= 0.6 is 0 Å². The van der Waals surface area contributed by atoms with Gasteiger partial charge in [0.1, 0.15) is 0 Å². The summed E-state index contributed by atoms with van der Waals surface area (Å²) < 4.78 is 0. The molecule has 0 amide bonds. The second kappa shape index (κ2) is 5.84. The molecular formula is C17H27N3. The number of hydrogen-bond donors (Lipinski definition) is 1. The zero-order valence-electron chi connectivity index (χ0n) is 12.6. The second-order valence-electron chi connectivity index (χ2n) is 6.53. The van der Waals surface area contributed by atoms with Crippen LogP contribution < -0.4 is 5.73 Å². The minimum Gasteiger partial charge on any atom is -0.329 e. The van der Waals surface area contributed by atoms with Crippen molar-refractivity contribution in [2.75, 3.05) is 33.2 Å². The number of rotatable bonds is 2. The van der Waals surface area contributed by atoms with Crippen LogP contribution in [0.4, 0.5) is 0 Å². The highest BCUT2D eigenvalue weighted by Crippen LogP contribution is 2.31. The lowest BCUT2D eigenvalue weighted by Gasteiger charge is -2.47. The summed E-state index contributed by atoms with van der Waals surface area (Å²) in [4.78, 5) is 5.12. The van der Waals surface area contributed by atoms with Crippen LogP contribution in [0.2, 0.25) is 0 Å². The molecule has 3 rings (SSSR count). The summed E-state index contributed by atoms with van der Waals surface area (Å²) >= 11 is 0. The van der Waals surface area contributed by atoms with Crippen molar-refractivity contribution in [1.82, 2.24) is 9.80 Å². The summed E-state index contributed by atoms with van der Waals surface area (Å²) in [6, 6.07) is 8.93. The molecule has 3 heteroatoms. The molecule has 3 nitrogen and oxygen atoms in total. The average molecular weight is 273 g/mol. The number of hydrogen-bond acceptors (Lipinski definition) is 3. The molecule has 110 valence electrons. The maximum Gasteiger partial charge on any atom is 0.0359 e. The predicted octanol–water partition coefficient (Wildman–Crippen LogP) is 1.86. The van der Waals surface area contributed by atoms with Gasteiger partial charge in [0.25, 0.3) is 0 Å². The van der Waals surface area contributed by atoms with E-state index in [0.29, 0.717) is 0 Å². The first-order valence-electron chi connectivity index (χ1n) is 7.94. The van der Waals surface area contributed by atoms with Crippen LogP contribution in [-0.2, 0) is 13.0 Å². The van der Waals surface area contributed by atoms with Gasteiger partial charge in [0, 0.05) is 18.6 Å². The Balaban J connectivity index is 1.82. The molecule has 0 atom stereocenters. The summed E-state index contributed by atoms with van der Waals surface area (Å²) in [6.07, 6.45) is 4.90. The molecule has 0 unspecified atom stereocenters. The fourth-order valence-electron chi connectivity index (χ4n) is 3.79. The molecule has 1 aromatic carbocycles. The molecule has 0 saturated carbocycles. The Morgan fingerprint density at radius 1 is 1.10 bits per heavy atom. The van der Waals surface area contributed by atoms with E-state index >= 15 is 0 Å². The van der Waals surface area contributed by atoms with Gasteiger partial charge in [-0.15, -0.1) is 0 Å². The fraction of sp³-hybridized carbons (Fsp3) is 0.647. The molecule has 1 saturated heterocycles. The van der Waals surface area contributed by atoms with Crippen molar-refractivity contribution in [3.63, 3.8) is 0 Å². The number of benzene rings is 1. The van der Waals surface area contributed by atoms with Crippen LogP contribution in [0.25, 0.3) is 0 Å². The normalized spacial score (nSPS) is 24.1. The molecule has 1 aromatic rings. The maximum absolute atomic E-state index is 6.23. The molecule has 1 fully saturated rings. The van der Waals surface area contributed by atoms with Crippen LogP contribution in [0.5, 0.6) is 0 Å². The third-order valence-corrected chi connectivity index (χ3v) is 5.32. The average Bonchev–Trinajstić information content (AvgIpc) is 2.71. The number of likely N-dealkylation sites (tertiary alicyclic amines) is 1. The number of fused-ring (bicyclic) bond motifs is 1. The first kappa shape index (κ1) is 14.1. The summed E-state index contributed by atoms with van der Waals surface area (Å²) in [5.41, 5.74) is 9.50. The van der Waals surface area contributed by atoms with E-state index in [1.54, 1.807) is 0 Å². The molecule has 2 aliphatic heterocycles.